The van der Waals surface area contributed by atoms with E-state index in [1.807, 2.05) is 0 Å². The summed E-state index contributed by atoms with van der Waals surface area (Å²) in [6.07, 6.45) is 10.5. The predicted molar refractivity (Wildman–Crippen MR) is 122 cm³/mol. The van der Waals surface area contributed by atoms with E-state index >= 15 is 0 Å². The first kappa shape index (κ1) is 22.8. The molecule has 172 valence electrons. The maximum atomic E-state index is 11.6. The Morgan fingerprint density at radius 1 is 1.07 bits per heavy atom. The van der Waals surface area contributed by atoms with Gasteiger partial charge in [0.25, 0.3) is 0 Å². The van der Waals surface area contributed by atoms with E-state index in [2.05, 4.69) is 40.7 Å². The van der Waals surface area contributed by atoms with E-state index in [1.54, 1.807) is 0 Å². The summed E-state index contributed by atoms with van der Waals surface area (Å²) in [7, 11) is 0. The summed E-state index contributed by atoms with van der Waals surface area (Å²) in [5.74, 6) is 3.46. The lowest BCUT2D eigenvalue weighted by atomic mass is 9.45. The van der Waals surface area contributed by atoms with Crippen LogP contribution in [0.5, 0.6) is 0 Å². The van der Waals surface area contributed by atoms with Gasteiger partial charge in [-0.05, 0) is 73.0 Å². The van der Waals surface area contributed by atoms with Gasteiger partial charge in [-0.25, -0.2) is 0 Å². The van der Waals surface area contributed by atoms with Crippen LogP contribution in [0.1, 0.15) is 92.4 Å². The van der Waals surface area contributed by atoms with Crippen molar-refractivity contribution < 1.29 is 15.3 Å². The SMILES string of the molecule is CC(C)CCC[C@@H](C)[C@H]1CC[C@H]2[C@@H]3CC=C4C[C@@H](O)C[C@H](O)[C@]4(C)[C@@H]3[C@H](O)C[C@]12C. The molecule has 0 aromatic heterocycles. The molecule has 3 nitrogen and oxygen atoms in total. The summed E-state index contributed by atoms with van der Waals surface area (Å²) in [4.78, 5) is 0. The topological polar surface area (TPSA) is 60.7 Å². The molecule has 0 unspecified atom stereocenters. The van der Waals surface area contributed by atoms with Crippen molar-refractivity contribution in [3.63, 3.8) is 0 Å². The molecule has 30 heavy (non-hydrogen) atoms. The molecule has 3 heteroatoms. The third-order valence-corrected chi connectivity index (χ3v) is 10.3. The zero-order chi connectivity index (χ0) is 21.8. The Morgan fingerprint density at radius 3 is 2.50 bits per heavy atom. The first-order valence-corrected chi connectivity index (χ1v) is 12.8. The summed E-state index contributed by atoms with van der Waals surface area (Å²) < 4.78 is 0. The van der Waals surface area contributed by atoms with Gasteiger partial charge >= 0.3 is 0 Å². The molecule has 4 aliphatic rings. The van der Waals surface area contributed by atoms with Crippen molar-refractivity contribution >= 4 is 0 Å². The second kappa shape index (κ2) is 8.19. The Morgan fingerprint density at radius 2 is 1.80 bits per heavy atom. The van der Waals surface area contributed by atoms with Crippen LogP contribution in [0.25, 0.3) is 0 Å². The van der Waals surface area contributed by atoms with Crippen LogP contribution in [-0.2, 0) is 0 Å². The van der Waals surface area contributed by atoms with Gasteiger partial charge in [-0.1, -0.05) is 65.5 Å². The van der Waals surface area contributed by atoms with Gasteiger partial charge in [-0.2, -0.15) is 0 Å². The fourth-order valence-corrected chi connectivity index (χ4v) is 8.84. The molecule has 0 saturated heterocycles. The number of hydrogen-bond acceptors (Lipinski definition) is 3. The molecule has 0 spiro atoms. The first-order valence-electron chi connectivity index (χ1n) is 12.8. The lowest BCUT2D eigenvalue weighted by Gasteiger charge is -2.61. The molecule has 0 aromatic rings. The van der Waals surface area contributed by atoms with Gasteiger partial charge in [0.05, 0.1) is 18.3 Å². The summed E-state index contributed by atoms with van der Waals surface area (Å²) in [6.45, 7) is 11.8. The fraction of sp³-hybridized carbons (Fsp3) is 0.926. The Bertz CT molecular complexity index is 656. The minimum Gasteiger partial charge on any atom is -0.393 e. The second-order valence-electron chi connectivity index (χ2n) is 12.4. The van der Waals surface area contributed by atoms with Gasteiger partial charge < -0.3 is 15.3 Å². The van der Waals surface area contributed by atoms with Crippen LogP contribution < -0.4 is 0 Å². The van der Waals surface area contributed by atoms with E-state index in [1.165, 1.54) is 37.7 Å². The number of hydrogen-bond donors (Lipinski definition) is 3. The number of fused-ring (bicyclic) bond motifs is 5. The van der Waals surface area contributed by atoms with Crippen molar-refractivity contribution in [2.45, 2.75) is 111 Å². The van der Waals surface area contributed by atoms with Gasteiger partial charge in [-0.15, -0.1) is 0 Å². The average Bonchev–Trinajstić information content (AvgIpc) is 2.99. The molecule has 3 N–H and O–H groups in total. The maximum absolute atomic E-state index is 11.6. The summed E-state index contributed by atoms with van der Waals surface area (Å²) in [5.41, 5.74) is 1.05. The van der Waals surface area contributed by atoms with Crippen molar-refractivity contribution in [3.05, 3.63) is 11.6 Å². The van der Waals surface area contributed by atoms with Crippen LogP contribution in [0.3, 0.4) is 0 Å². The third kappa shape index (κ3) is 3.52. The molecule has 0 aliphatic heterocycles. The Hall–Kier alpha value is -0.380. The maximum Gasteiger partial charge on any atom is 0.0659 e. The van der Waals surface area contributed by atoms with Gasteiger partial charge in [0.1, 0.15) is 0 Å². The number of aliphatic hydroxyl groups is 3. The zero-order valence-corrected chi connectivity index (χ0v) is 20.0. The lowest BCUT2D eigenvalue weighted by molar-refractivity contribution is -0.159. The van der Waals surface area contributed by atoms with Crippen molar-refractivity contribution in [3.8, 4) is 0 Å². The molecule has 3 fully saturated rings. The number of aliphatic hydroxyl groups excluding tert-OH is 3. The highest BCUT2D eigenvalue weighted by molar-refractivity contribution is 5.28. The van der Waals surface area contributed by atoms with E-state index in [9.17, 15) is 15.3 Å². The lowest BCUT2D eigenvalue weighted by Crippen LogP contribution is -2.60. The summed E-state index contributed by atoms with van der Waals surface area (Å²) >= 11 is 0. The zero-order valence-electron chi connectivity index (χ0n) is 20.0. The monoisotopic (exact) mass is 418 g/mol. The average molecular weight is 419 g/mol. The molecule has 10 atom stereocenters. The van der Waals surface area contributed by atoms with Crippen LogP contribution in [0.4, 0.5) is 0 Å². The van der Waals surface area contributed by atoms with Crippen molar-refractivity contribution in [2.75, 3.05) is 0 Å². The van der Waals surface area contributed by atoms with E-state index < -0.39 is 12.2 Å². The van der Waals surface area contributed by atoms with Crippen molar-refractivity contribution in [1.82, 2.24) is 0 Å². The molecule has 0 radical (unpaired) electrons. The normalized spacial score (nSPS) is 49.2. The van der Waals surface area contributed by atoms with Crippen LogP contribution in [0.15, 0.2) is 11.6 Å². The largest absolute Gasteiger partial charge is 0.393 e. The highest BCUT2D eigenvalue weighted by atomic mass is 16.3. The minimum absolute atomic E-state index is 0.132. The van der Waals surface area contributed by atoms with Crippen molar-refractivity contribution in [2.24, 2.45) is 46.3 Å². The fourth-order valence-electron chi connectivity index (χ4n) is 8.84. The molecule has 0 heterocycles. The van der Waals surface area contributed by atoms with Gasteiger partial charge in [-0.3, -0.25) is 0 Å². The molecule has 0 bridgehead atoms. The second-order valence-corrected chi connectivity index (χ2v) is 12.4. The van der Waals surface area contributed by atoms with Crippen LogP contribution >= 0.6 is 0 Å². The third-order valence-electron chi connectivity index (χ3n) is 10.3. The molecule has 0 aromatic carbocycles. The van der Waals surface area contributed by atoms with E-state index in [-0.39, 0.29) is 22.9 Å². The predicted octanol–water partition coefficient (Wildman–Crippen LogP) is 5.33. The summed E-state index contributed by atoms with van der Waals surface area (Å²) in [5, 5.41) is 32.8. The van der Waals surface area contributed by atoms with E-state index in [4.69, 9.17) is 0 Å². The first-order chi connectivity index (χ1) is 14.1. The standard InChI is InChI=1S/C27H46O3/c1-16(2)7-6-8-17(3)21-11-12-22-20-10-9-18-13-19(28)14-24(30)27(18,5)25(20)23(29)15-26(21,22)4/h9,16-17,19-25,28-30H,6-8,10-15H2,1-5H3/t17-,19-,20+,21-,22+,23-,24+,25+,26-,27-/m1/s1. The van der Waals surface area contributed by atoms with E-state index in [0.29, 0.717) is 30.6 Å². The molecule has 0 amide bonds. The quantitative estimate of drug-likeness (QED) is 0.529. The Labute approximate surface area is 184 Å². The molecular formula is C27H46O3. The summed E-state index contributed by atoms with van der Waals surface area (Å²) in [6, 6.07) is 0. The number of allylic oxidation sites excluding steroid dienone is 1. The molecule has 4 rings (SSSR count). The van der Waals surface area contributed by atoms with Gasteiger partial charge in [0.15, 0.2) is 0 Å². The molecule has 3 saturated carbocycles. The van der Waals surface area contributed by atoms with E-state index in [0.717, 1.165) is 24.7 Å². The highest BCUT2D eigenvalue weighted by Crippen LogP contribution is 2.67. The Balaban J connectivity index is 1.57. The van der Waals surface area contributed by atoms with Crippen LogP contribution in [-0.4, -0.2) is 33.6 Å². The highest BCUT2D eigenvalue weighted by Gasteiger charge is 2.63. The molecular weight excluding hydrogens is 372 g/mol. The Kier molecular flexibility index (Phi) is 6.23. The van der Waals surface area contributed by atoms with Crippen LogP contribution in [0, 0.1) is 46.3 Å². The molecule has 4 aliphatic carbocycles. The number of rotatable bonds is 5. The van der Waals surface area contributed by atoms with Gasteiger partial charge in [0, 0.05) is 11.8 Å². The smallest absolute Gasteiger partial charge is 0.0659 e. The van der Waals surface area contributed by atoms with Crippen molar-refractivity contribution in [1.29, 1.82) is 0 Å². The van der Waals surface area contributed by atoms with Crippen LogP contribution in [0.2, 0.25) is 0 Å². The minimum atomic E-state index is -0.550. The van der Waals surface area contributed by atoms with Gasteiger partial charge in [0.2, 0.25) is 0 Å².